The molecule has 2 saturated carbocycles. The number of nitrogens with two attached hydrogens (primary N) is 1. The number of esters is 1. The van der Waals surface area contributed by atoms with E-state index in [9.17, 15) is 14.4 Å². The number of nitrogens with zero attached hydrogens (tertiary/aromatic N) is 4. The maximum absolute atomic E-state index is 14.2. The normalized spacial score (nSPS) is 30.2. The SMILES string of the molecule is CC(C)(C)OC(=O)CN=C(C(N)=O)c1nc2ccccc2n(C2CC3CCCC(C2)N3C2CC3CCCC(C3)C2)c1=O. The predicted octanol–water partition coefficient (Wildman–Crippen LogP) is 4.54. The van der Waals surface area contributed by atoms with Crippen molar-refractivity contribution in [2.45, 2.75) is 121 Å². The van der Waals surface area contributed by atoms with E-state index in [1.54, 1.807) is 20.8 Å². The van der Waals surface area contributed by atoms with Crippen molar-refractivity contribution in [3.05, 3.63) is 40.3 Å². The first-order chi connectivity index (χ1) is 20.1. The molecule has 4 bridgehead atoms. The lowest BCUT2D eigenvalue weighted by molar-refractivity contribution is -0.152. The minimum absolute atomic E-state index is 0.0150. The highest BCUT2D eigenvalue weighted by molar-refractivity contribution is 6.44. The highest BCUT2D eigenvalue weighted by atomic mass is 16.6. The maximum Gasteiger partial charge on any atom is 0.328 e. The summed E-state index contributed by atoms with van der Waals surface area (Å²) in [7, 11) is 0. The first-order valence-electron chi connectivity index (χ1n) is 15.9. The lowest BCUT2D eigenvalue weighted by Gasteiger charge is -2.55. The van der Waals surface area contributed by atoms with Gasteiger partial charge in [-0.15, -0.1) is 0 Å². The zero-order valence-electron chi connectivity index (χ0n) is 25.3. The van der Waals surface area contributed by atoms with Gasteiger partial charge in [0, 0.05) is 24.2 Å². The fourth-order valence-electron chi connectivity index (χ4n) is 8.59. The molecule has 2 aliphatic carbocycles. The average molecular weight is 576 g/mol. The molecule has 4 unspecified atom stereocenters. The Labute approximate surface area is 247 Å². The zero-order chi connectivity index (χ0) is 29.6. The Hall–Kier alpha value is -3.07. The van der Waals surface area contributed by atoms with Crippen LogP contribution in [0.3, 0.4) is 0 Å². The van der Waals surface area contributed by atoms with Crippen LogP contribution in [0, 0.1) is 11.8 Å². The smallest absolute Gasteiger partial charge is 0.328 e. The molecule has 4 fully saturated rings. The van der Waals surface area contributed by atoms with Crippen LogP contribution in [0.1, 0.15) is 103 Å². The first-order valence-corrected chi connectivity index (χ1v) is 15.9. The van der Waals surface area contributed by atoms with E-state index in [0.29, 0.717) is 23.6 Å². The molecular formula is C33H45N5O4. The fourth-order valence-corrected chi connectivity index (χ4v) is 8.59. The van der Waals surface area contributed by atoms with Crippen molar-refractivity contribution in [1.82, 2.24) is 14.5 Å². The second-order valence-electron chi connectivity index (χ2n) is 14.1. The second kappa shape index (κ2) is 11.5. The number of rotatable bonds is 6. The van der Waals surface area contributed by atoms with Crippen LogP contribution in [-0.4, -0.2) is 62.3 Å². The topological polar surface area (TPSA) is 120 Å². The zero-order valence-corrected chi connectivity index (χ0v) is 25.3. The molecule has 1 aromatic carbocycles. The van der Waals surface area contributed by atoms with Crippen LogP contribution in [0.15, 0.2) is 34.1 Å². The molecule has 42 heavy (non-hydrogen) atoms. The molecule has 4 aliphatic rings. The van der Waals surface area contributed by atoms with Gasteiger partial charge in [0.1, 0.15) is 12.1 Å². The molecule has 3 heterocycles. The minimum Gasteiger partial charge on any atom is -0.459 e. The van der Waals surface area contributed by atoms with Crippen molar-refractivity contribution >= 4 is 28.6 Å². The summed E-state index contributed by atoms with van der Waals surface area (Å²) in [6, 6.07) is 9.11. The number of carbonyl (C=O) groups excluding carboxylic acids is 2. The molecule has 0 spiro atoms. The van der Waals surface area contributed by atoms with E-state index >= 15 is 0 Å². The van der Waals surface area contributed by atoms with Crippen LogP contribution in [0.25, 0.3) is 11.0 Å². The Balaban J connectivity index is 1.34. The molecule has 9 heteroatoms. The molecule has 6 rings (SSSR count). The number of hydrogen-bond acceptors (Lipinski definition) is 7. The Bertz CT molecular complexity index is 1420. The number of hydrogen-bond donors (Lipinski definition) is 1. The molecule has 9 nitrogen and oxygen atoms in total. The van der Waals surface area contributed by atoms with Gasteiger partial charge in [-0.3, -0.25) is 24.3 Å². The van der Waals surface area contributed by atoms with Crippen molar-refractivity contribution in [3.8, 4) is 0 Å². The number of aliphatic imine (C=N–C) groups is 1. The predicted molar refractivity (Wildman–Crippen MR) is 162 cm³/mol. The number of primary amides is 1. The van der Waals surface area contributed by atoms with Gasteiger partial charge in [0.15, 0.2) is 11.4 Å². The second-order valence-corrected chi connectivity index (χ2v) is 14.1. The van der Waals surface area contributed by atoms with Gasteiger partial charge in [0.2, 0.25) is 0 Å². The maximum atomic E-state index is 14.2. The number of aromatic nitrogens is 2. The molecular weight excluding hydrogens is 530 g/mol. The van der Waals surface area contributed by atoms with Crippen LogP contribution in [0.5, 0.6) is 0 Å². The van der Waals surface area contributed by atoms with Crippen molar-refractivity contribution in [2.24, 2.45) is 22.6 Å². The van der Waals surface area contributed by atoms with Crippen LogP contribution >= 0.6 is 0 Å². The quantitative estimate of drug-likeness (QED) is 0.399. The highest BCUT2D eigenvalue weighted by Gasteiger charge is 2.45. The minimum atomic E-state index is -0.889. The molecule has 2 aromatic rings. The largest absolute Gasteiger partial charge is 0.459 e. The number of piperidine rings is 2. The lowest BCUT2D eigenvalue weighted by atomic mass is 9.68. The first kappa shape index (κ1) is 29.0. The summed E-state index contributed by atoms with van der Waals surface area (Å²) in [5.74, 6) is 0.263. The Morgan fingerprint density at radius 1 is 0.929 bits per heavy atom. The van der Waals surface area contributed by atoms with Gasteiger partial charge < -0.3 is 15.0 Å². The van der Waals surface area contributed by atoms with E-state index in [-0.39, 0.29) is 23.0 Å². The van der Waals surface area contributed by atoms with E-state index in [1.165, 1.54) is 44.9 Å². The van der Waals surface area contributed by atoms with E-state index < -0.39 is 24.0 Å². The monoisotopic (exact) mass is 575 g/mol. The third-order valence-corrected chi connectivity index (χ3v) is 9.93. The number of amides is 1. The van der Waals surface area contributed by atoms with E-state index in [2.05, 4.69) is 14.9 Å². The molecule has 4 atom stereocenters. The van der Waals surface area contributed by atoms with Crippen molar-refractivity contribution in [1.29, 1.82) is 0 Å². The summed E-state index contributed by atoms with van der Waals surface area (Å²) in [6.07, 6.45) is 13.6. The third kappa shape index (κ3) is 5.90. The molecule has 226 valence electrons. The van der Waals surface area contributed by atoms with E-state index in [0.717, 1.165) is 43.0 Å². The molecule has 2 aliphatic heterocycles. The van der Waals surface area contributed by atoms with Gasteiger partial charge >= 0.3 is 5.97 Å². The Morgan fingerprint density at radius 2 is 1.57 bits per heavy atom. The van der Waals surface area contributed by atoms with Gasteiger partial charge in [-0.25, -0.2) is 4.98 Å². The number of benzene rings is 1. The van der Waals surface area contributed by atoms with Gasteiger partial charge in [0.05, 0.1) is 11.0 Å². The van der Waals surface area contributed by atoms with Crippen LogP contribution < -0.4 is 11.3 Å². The summed E-state index contributed by atoms with van der Waals surface area (Å²) in [6.45, 7) is 4.85. The lowest BCUT2D eigenvalue weighted by Crippen LogP contribution is -2.58. The Morgan fingerprint density at radius 3 is 2.21 bits per heavy atom. The van der Waals surface area contributed by atoms with Crippen molar-refractivity contribution in [2.75, 3.05) is 6.54 Å². The summed E-state index contributed by atoms with van der Waals surface area (Å²) in [5.41, 5.74) is 5.63. The van der Waals surface area contributed by atoms with E-state index in [1.807, 2.05) is 28.8 Å². The molecule has 0 radical (unpaired) electrons. The summed E-state index contributed by atoms with van der Waals surface area (Å²) < 4.78 is 7.19. The standard InChI is InChI=1S/C33H45N5O4/c1-33(2,3)42-28(39)19-35-29(31(34)40)30-32(41)38(27-13-5-4-12-26(27)36-30)25-17-22-10-7-11-23(18-25)37(22)24-15-20-8-6-9-21(14-20)16-24/h4-5,12-13,20-25H,6-11,14-19H2,1-3H3,(H2,34,40). The van der Waals surface area contributed by atoms with Gasteiger partial charge in [-0.2, -0.15) is 0 Å². The number of ether oxygens (including phenoxy) is 1. The third-order valence-electron chi connectivity index (χ3n) is 9.93. The molecule has 2 N–H and O–H groups in total. The average Bonchev–Trinajstić information content (AvgIpc) is 2.91. The fraction of sp³-hybridized carbons (Fsp3) is 0.667. The van der Waals surface area contributed by atoms with Gasteiger partial charge in [-0.1, -0.05) is 37.8 Å². The summed E-state index contributed by atoms with van der Waals surface area (Å²) in [5, 5.41) is 0. The van der Waals surface area contributed by atoms with Crippen LogP contribution in [0.4, 0.5) is 0 Å². The van der Waals surface area contributed by atoms with Crippen molar-refractivity contribution < 1.29 is 14.3 Å². The summed E-state index contributed by atoms with van der Waals surface area (Å²) >= 11 is 0. The van der Waals surface area contributed by atoms with Gasteiger partial charge in [0.25, 0.3) is 11.5 Å². The van der Waals surface area contributed by atoms with E-state index in [4.69, 9.17) is 10.5 Å². The molecule has 2 saturated heterocycles. The molecule has 1 amide bonds. The highest BCUT2D eigenvalue weighted by Crippen LogP contribution is 2.47. The van der Waals surface area contributed by atoms with Crippen LogP contribution in [-0.2, 0) is 14.3 Å². The molecule has 1 aromatic heterocycles. The Kier molecular flexibility index (Phi) is 7.98. The van der Waals surface area contributed by atoms with Crippen molar-refractivity contribution in [3.63, 3.8) is 0 Å². The van der Waals surface area contributed by atoms with Gasteiger partial charge in [-0.05, 0) is 89.7 Å². The van der Waals surface area contributed by atoms with Crippen LogP contribution in [0.2, 0.25) is 0 Å². The number of fused-ring (bicyclic) bond motifs is 5. The number of carbonyl (C=O) groups is 2. The summed E-state index contributed by atoms with van der Waals surface area (Å²) in [4.78, 5) is 50.8. The number of para-hydroxylation sites is 2.